The van der Waals surface area contributed by atoms with E-state index in [1.165, 1.54) is 11.1 Å². The van der Waals surface area contributed by atoms with Crippen LogP contribution < -0.4 is 10.6 Å². The van der Waals surface area contributed by atoms with E-state index in [0.29, 0.717) is 5.95 Å². The molecular weight excluding hydrogens is 272 g/mol. The van der Waals surface area contributed by atoms with Gasteiger partial charge in [0.25, 0.3) is 0 Å². The maximum Gasteiger partial charge on any atom is 0.225 e. The maximum absolute atomic E-state index is 4.59. The van der Waals surface area contributed by atoms with Crippen molar-refractivity contribution in [3.63, 3.8) is 0 Å². The van der Waals surface area contributed by atoms with Gasteiger partial charge in [-0.3, -0.25) is 0 Å². The molecule has 3 aromatic rings. The number of fused-ring (bicyclic) bond motifs is 1. The number of nitrogens with one attached hydrogen (secondary N) is 2. The Morgan fingerprint density at radius 2 is 1.82 bits per heavy atom. The Hall–Kier alpha value is -2.62. The van der Waals surface area contributed by atoms with E-state index >= 15 is 0 Å². The summed E-state index contributed by atoms with van der Waals surface area (Å²) in [6.45, 7) is 2.88. The summed E-state index contributed by atoms with van der Waals surface area (Å²) in [6, 6.07) is 16.6. The van der Waals surface area contributed by atoms with Crippen molar-refractivity contribution in [2.45, 2.75) is 13.3 Å². The number of aryl methyl sites for hydroxylation is 1. The Morgan fingerprint density at radius 3 is 2.59 bits per heavy atom. The van der Waals surface area contributed by atoms with Crippen molar-refractivity contribution >= 4 is 22.7 Å². The first-order valence-corrected chi connectivity index (χ1v) is 7.50. The smallest absolute Gasteiger partial charge is 0.225 e. The van der Waals surface area contributed by atoms with Crippen LogP contribution in [0.4, 0.5) is 11.8 Å². The highest BCUT2D eigenvalue weighted by Crippen LogP contribution is 2.22. The average molecular weight is 292 g/mol. The second kappa shape index (κ2) is 6.43. The third kappa shape index (κ3) is 3.17. The molecule has 22 heavy (non-hydrogen) atoms. The van der Waals surface area contributed by atoms with Crippen LogP contribution in [0.1, 0.15) is 11.1 Å². The van der Waals surface area contributed by atoms with Gasteiger partial charge in [0, 0.05) is 19.0 Å². The summed E-state index contributed by atoms with van der Waals surface area (Å²) in [4.78, 5) is 9.15. The van der Waals surface area contributed by atoms with E-state index in [4.69, 9.17) is 0 Å². The van der Waals surface area contributed by atoms with Crippen LogP contribution in [0.25, 0.3) is 10.9 Å². The predicted molar refractivity (Wildman–Crippen MR) is 92.5 cm³/mol. The molecule has 0 radical (unpaired) electrons. The van der Waals surface area contributed by atoms with Gasteiger partial charge in [0.2, 0.25) is 5.95 Å². The quantitative estimate of drug-likeness (QED) is 0.754. The Balaban J connectivity index is 1.78. The summed E-state index contributed by atoms with van der Waals surface area (Å²) in [5, 5.41) is 7.52. The zero-order valence-corrected chi connectivity index (χ0v) is 12.9. The molecule has 1 aromatic heterocycles. The first kappa shape index (κ1) is 14.3. The highest BCUT2D eigenvalue weighted by Gasteiger charge is 2.06. The van der Waals surface area contributed by atoms with Gasteiger partial charge in [-0.2, -0.15) is 4.98 Å². The minimum Gasteiger partial charge on any atom is -0.372 e. The Bertz CT molecular complexity index is 769. The second-order valence-electron chi connectivity index (χ2n) is 5.33. The van der Waals surface area contributed by atoms with Gasteiger partial charge in [-0.1, -0.05) is 42.0 Å². The number of benzene rings is 2. The van der Waals surface area contributed by atoms with Gasteiger partial charge in [-0.15, -0.1) is 0 Å². The summed E-state index contributed by atoms with van der Waals surface area (Å²) in [5.41, 5.74) is 3.46. The molecule has 2 N–H and O–H groups in total. The van der Waals surface area contributed by atoms with E-state index in [-0.39, 0.29) is 0 Å². The molecule has 0 spiro atoms. The highest BCUT2D eigenvalue weighted by atomic mass is 15.1. The van der Waals surface area contributed by atoms with Gasteiger partial charge < -0.3 is 10.6 Å². The molecule has 112 valence electrons. The second-order valence-corrected chi connectivity index (χ2v) is 5.33. The minimum atomic E-state index is 0.664. The van der Waals surface area contributed by atoms with E-state index in [0.717, 1.165) is 29.7 Å². The largest absolute Gasteiger partial charge is 0.372 e. The van der Waals surface area contributed by atoms with E-state index in [2.05, 4.69) is 63.9 Å². The fraction of sp³-hybridized carbons (Fsp3) is 0.222. The molecule has 1 heterocycles. The topological polar surface area (TPSA) is 49.8 Å². The fourth-order valence-corrected chi connectivity index (χ4v) is 2.48. The molecule has 0 amide bonds. The summed E-state index contributed by atoms with van der Waals surface area (Å²) in [6.07, 6.45) is 0.949. The van der Waals surface area contributed by atoms with Crippen molar-refractivity contribution < 1.29 is 0 Å². The number of hydrogen-bond donors (Lipinski definition) is 2. The molecule has 0 atom stereocenters. The lowest BCUT2D eigenvalue weighted by molar-refractivity contribution is 0.991. The van der Waals surface area contributed by atoms with Crippen molar-refractivity contribution in [1.82, 2.24) is 9.97 Å². The summed E-state index contributed by atoms with van der Waals surface area (Å²) in [5.74, 6) is 1.52. The standard InChI is InChI=1S/C18H20N4/c1-13-8-9-16-15(12-13)17(19-2)22-18(21-16)20-11-10-14-6-4-3-5-7-14/h3-9,12H,10-11H2,1-2H3,(H2,19,20,21,22). The molecule has 0 aliphatic rings. The van der Waals surface area contributed by atoms with Crippen LogP contribution in [0.3, 0.4) is 0 Å². The van der Waals surface area contributed by atoms with Crippen LogP contribution in [-0.2, 0) is 6.42 Å². The number of rotatable bonds is 5. The van der Waals surface area contributed by atoms with Crippen molar-refractivity contribution in [2.24, 2.45) is 0 Å². The van der Waals surface area contributed by atoms with Crippen LogP contribution in [0.2, 0.25) is 0 Å². The van der Waals surface area contributed by atoms with Crippen molar-refractivity contribution in [3.8, 4) is 0 Å². The molecule has 2 aromatic carbocycles. The minimum absolute atomic E-state index is 0.664. The van der Waals surface area contributed by atoms with Crippen LogP contribution in [0.5, 0.6) is 0 Å². The summed E-state index contributed by atoms with van der Waals surface area (Å²) in [7, 11) is 1.89. The van der Waals surface area contributed by atoms with Gasteiger partial charge in [0.15, 0.2) is 0 Å². The lowest BCUT2D eigenvalue weighted by Crippen LogP contribution is -2.09. The third-order valence-electron chi connectivity index (χ3n) is 3.63. The van der Waals surface area contributed by atoms with E-state index < -0.39 is 0 Å². The van der Waals surface area contributed by atoms with E-state index in [1.807, 2.05) is 19.2 Å². The molecule has 0 aliphatic carbocycles. The fourth-order valence-electron chi connectivity index (χ4n) is 2.48. The van der Waals surface area contributed by atoms with Gasteiger partial charge >= 0.3 is 0 Å². The number of hydrogen-bond acceptors (Lipinski definition) is 4. The zero-order chi connectivity index (χ0) is 15.4. The first-order valence-electron chi connectivity index (χ1n) is 7.50. The third-order valence-corrected chi connectivity index (χ3v) is 3.63. The van der Waals surface area contributed by atoms with Crippen molar-refractivity contribution in [2.75, 3.05) is 24.2 Å². The van der Waals surface area contributed by atoms with Gasteiger partial charge in [-0.25, -0.2) is 4.98 Å². The predicted octanol–water partition coefficient (Wildman–Crippen LogP) is 3.63. The van der Waals surface area contributed by atoms with Crippen molar-refractivity contribution in [1.29, 1.82) is 0 Å². The normalized spacial score (nSPS) is 10.6. The number of anilines is 2. The summed E-state index contributed by atoms with van der Waals surface area (Å²) < 4.78 is 0. The molecule has 4 nitrogen and oxygen atoms in total. The highest BCUT2D eigenvalue weighted by molar-refractivity contribution is 5.90. The Labute approximate surface area is 130 Å². The summed E-state index contributed by atoms with van der Waals surface area (Å²) >= 11 is 0. The molecule has 0 saturated heterocycles. The zero-order valence-electron chi connectivity index (χ0n) is 12.9. The molecular formula is C18H20N4. The monoisotopic (exact) mass is 292 g/mol. The van der Waals surface area contributed by atoms with Crippen molar-refractivity contribution in [3.05, 3.63) is 59.7 Å². The number of aromatic nitrogens is 2. The van der Waals surface area contributed by atoms with Gasteiger partial charge in [0.05, 0.1) is 5.52 Å². The lowest BCUT2D eigenvalue weighted by Gasteiger charge is -2.10. The van der Waals surface area contributed by atoms with Crippen LogP contribution in [-0.4, -0.2) is 23.6 Å². The average Bonchev–Trinajstić information content (AvgIpc) is 2.55. The molecule has 3 rings (SSSR count). The molecule has 0 unspecified atom stereocenters. The SMILES string of the molecule is CNc1nc(NCCc2ccccc2)nc2ccc(C)cc12. The first-order chi connectivity index (χ1) is 10.8. The van der Waals surface area contributed by atoms with Crippen LogP contribution >= 0.6 is 0 Å². The van der Waals surface area contributed by atoms with Crippen LogP contribution in [0.15, 0.2) is 48.5 Å². The van der Waals surface area contributed by atoms with E-state index in [1.54, 1.807) is 0 Å². The lowest BCUT2D eigenvalue weighted by atomic mass is 10.1. The van der Waals surface area contributed by atoms with Crippen LogP contribution in [0, 0.1) is 6.92 Å². The molecule has 0 saturated carbocycles. The molecule has 0 bridgehead atoms. The van der Waals surface area contributed by atoms with E-state index in [9.17, 15) is 0 Å². The Morgan fingerprint density at radius 1 is 1.00 bits per heavy atom. The number of nitrogens with zero attached hydrogens (tertiary/aromatic N) is 2. The Kier molecular flexibility index (Phi) is 4.19. The maximum atomic E-state index is 4.59. The molecule has 4 heteroatoms. The van der Waals surface area contributed by atoms with Gasteiger partial charge in [-0.05, 0) is 31.0 Å². The molecule has 0 fully saturated rings. The van der Waals surface area contributed by atoms with Gasteiger partial charge in [0.1, 0.15) is 5.82 Å². The molecule has 0 aliphatic heterocycles.